The van der Waals surface area contributed by atoms with Gasteiger partial charge in [0.05, 0.1) is 13.0 Å². The number of carbonyl (C=O) groups excluding carboxylic acids is 2. The Morgan fingerprint density at radius 3 is 2.11 bits per heavy atom. The Labute approximate surface area is 159 Å². The standard InChI is InChI=1S/C19H28N2O6/c1-18(2,3)26-16(24)20-8-7-14-12(11-20)9-13(10-15(22)23)21(14)17(25)27-19(4,5)6/h9H,7-8,10-11H2,1-6H3,(H,22,23). The minimum atomic E-state index is -1.04. The van der Waals surface area contributed by atoms with Gasteiger partial charge in [-0.15, -0.1) is 0 Å². The average molecular weight is 380 g/mol. The molecule has 1 aliphatic rings. The predicted octanol–water partition coefficient (Wildman–Crippen LogP) is 3.19. The second kappa shape index (κ2) is 7.25. The summed E-state index contributed by atoms with van der Waals surface area (Å²) in [7, 11) is 0. The Morgan fingerprint density at radius 1 is 1.04 bits per heavy atom. The van der Waals surface area contributed by atoms with Gasteiger partial charge in [0.2, 0.25) is 0 Å². The van der Waals surface area contributed by atoms with Gasteiger partial charge in [-0.25, -0.2) is 9.59 Å². The van der Waals surface area contributed by atoms with Crippen LogP contribution < -0.4 is 0 Å². The van der Waals surface area contributed by atoms with E-state index in [4.69, 9.17) is 9.47 Å². The van der Waals surface area contributed by atoms with E-state index in [-0.39, 0.29) is 13.0 Å². The van der Waals surface area contributed by atoms with Crippen LogP contribution in [0.25, 0.3) is 0 Å². The Kier molecular flexibility index (Phi) is 5.58. The van der Waals surface area contributed by atoms with Crippen LogP contribution in [0.2, 0.25) is 0 Å². The molecule has 0 unspecified atom stereocenters. The van der Waals surface area contributed by atoms with Crippen molar-refractivity contribution in [2.24, 2.45) is 0 Å². The summed E-state index contributed by atoms with van der Waals surface area (Å²) < 4.78 is 12.2. The number of amides is 1. The highest BCUT2D eigenvalue weighted by molar-refractivity contribution is 5.78. The quantitative estimate of drug-likeness (QED) is 0.846. The van der Waals surface area contributed by atoms with Crippen molar-refractivity contribution in [3.05, 3.63) is 23.0 Å². The van der Waals surface area contributed by atoms with Gasteiger partial charge >= 0.3 is 18.2 Å². The van der Waals surface area contributed by atoms with E-state index in [1.54, 1.807) is 52.5 Å². The predicted molar refractivity (Wildman–Crippen MR) is 97.8 cm³/mol. The molecular formula is C19H28N2O6. The first kappa shape index (κ1) is 20.8. The summed E-state index contributed by atoms with van der Waals surface area (Å²) in [4.78, 5) is 37.7. The van der Waals surface area contributed by atoms with Gasteiger partial charge in [-0.1, -0.05) is 0 Å². The zero-order valence-electron chi connectivity index (χ0n) is 16.8. The second-order valence-corrected chi connectivity index (χ2v) is 8.65. The molecule has 0 aromatic carbocycles. The van der Waals surface area contributed by atoms with Gasteiger partial charge in [-0.05, 0) is 53.2 Å². The molecule has 27 heavy (non-hydrogen) atoms. The molecule has 0 atom stereocenters. The highest BCUT2D eigenvalue weighted by Crippen LogP contribution is 2.26. The molecule has 2 rings (SSSR count). The maximum Gasteiger partial charge on any atom is 0.418 e. The lowest BCUT2D eigenvalue weighted by Crippen LogP contribution is -2.40. The van der Waals surface area contributed by atoms with Crippen molar-refractivity contribution >= 4 is 18.2 Å². The van der Waals surface area contributed by atoms with Gasteiger partial charge in [0.15, 0.2) is 0 Å². The summed E-state index contributed by atoms with van der Waals surface area (Å²) >= 11 is 0. The lowest BCUT2D eigenvalue weighted by Gasteiger charge is -2.30. The minimum absolute atomic E-state index is 0.257. The zero-order valence-corrected chi connectivity index (χ0v) is 16.8. The Bertz CT molecular complexity index is 751. The fourth-order valence-corrected chi connectivity index (χ4v) is 2.90. The molecule has 1 aliphatic heterocycles. The van der Waals surface area contributed by atoms with Crippen molar-refractivity contribution in [1.29, 1.82) is 0 Å². The van der Waals surface area contributed by atoms with Gasteiger partial charge in [-0.3, -0.25) is 9.36 Å². The molecule has 1 amide bonds. The van der Waals surface area contributed by atoms with E-state index in [0.717, 1.165) is 5.56 Å². The Hall–Kier alpha value is -2.51. The number of carboxylic acids is 1. The zero-order chi connectivity index (χ0) is 20.6. The van der Waals surface area contributed by atoms with E-state index < -0.39 is 29.4 Å². The molecule has 1 aromatic heterocycles. The summed E-state index contributed by atoms with van der Waals surface area (Å²) in [5.41, 5.74) is 0.447. The maximum atomic E-state index is 12.6. The number of hydrogen-bond acceptors (Lipinski definition) is 5. The van der Waals surface area contributed by atoms with Crippen molar-refractivity contribution in [3.8, 4) is 0 Å². The van der Waals surface area contributed by atoms with Crippen molar-refractivity contribution in [2.45, 2.75) is 72.1 Å². The van der Waals surface area contributed by atoms with Gasteiger partial charge < -0.3 is 19.5 Å². The van der Waals surface area contributed by atoms with Crippen LogP contribution in [0.3, 0.4) is 0 Å². The largest absolute Gasteiger partial charge is 0.481 e. The second-order valence-electron chi connectivity index (χ2n) is 8.65. The summed E-state index contributed by atoms with van der Waals surface area (Å²) in [6.07, 6.45) is -0.935. The summed E-state index contributed by atoms with van der Waals surface area (Å²) in [6, 6.07) is 1.66. The summed E-state index contributed by atoms with van der Waals surface area (Å²) in [5.74, 6) is -1.04. The minimum Gasteiger partial charge on any atom is -0.481 e. The number of carbonyl (C=O) groups is 3. The third-order valence-corrected chi connectivity index (χ3v) is 3.81. The molecule has 1 N–H and O–H groups in total. The average Bonchev–Trinajstić information content (AvgIpc) is 2.79. The molecule has 0 saturated carbocycles. The fourth-order valence-electron chi connectivity index (χ4n) is 2.90. The SMILES string of the molecule is CC(C)(C)OC(=O)N1CCc2c(cc(CC(=O)O)n2C(=O)OC(C)(C)C)C1. The molecule has 150 valence electrons. The van der Waals surface area contributed by atoms with E-state index in [9.17, 15) is 19.5 Å². The van der Waals surface area contributed by atoms with Gasteiger partial charge in [0.1, 0.15) is 11.2 Å². The summed E-state index contributed by atoms with van der Waals surface area (Å²) in [5, 5.41) is 9.18. The normalized spacial score (nSPS) is 14.5. The third kappa shape index (κ3) is 5.48. The van der Waals surface area contributed by atoms with E-state index in [1.807, 2.05) is 0 Å². The molecule has 0 aliphatic carbocycles. The Balaban J connectivity index is 2.32. The van der Waals surface area contributed by atoms with Gasteiger partial charge in [-0.2, -0.15) is 0 Å². The molecule has 0 saturated heterocycles. The number of fused-ring (bicyclic) bond motifs is 1. The summed E-state index contributed by atoms with van der Waals surface area (Å²) in [6.45, 7) is 11.3. The highest BCUT2D eigenvalue weighted by Gasteiger charge is 2.31. The first-order valence-corrected chi connectivity index (χ1v) is 8.92. The lowest BCUT2D eigenvalue weighted by atomic mass is 10.1. The number of rotatable bonds is 2. The van der Waals surface area contributed by atoms with Crippen LogP contribution in [0.5, 0.6) is 0 Å². The number of carboxylic acid groups (broad SMARTS) is 1. The van der Waals surface area contributed by atoms with Crippen LogP contribution in [0.1, 0.15) is 58.5 Å². The molecule has 8 heteroatoms. The van der Waals surface area contributed by atoms with E-state index >= 15 is 0 Å². The van der Waals surface area contributed by atoms with Crippen molar-refractivity contribution in [1.82, 2.24) is 9.47 Å². The number of aliphatic carboxylic acids is 1. The van der Waals surface area contributed by atoms with Crippen molar-refractivity contribution in [3.63, 3.8) is 0 Å². The van der Waals surface area contributed by atoms with E-state index in [0.29, 0.717) is 24.4 Å². The first-order valence-electron chi connectivity index (χ1n) is 8.92. The molecular weight excluding hydrogens is 352 g/mol. The molecule has 0 bridgehead atoms. The molecule has 0 spiro atoms. The van der Waals surface area contributed by atoms with Crippen LogP contribution in [0, 0.1) is 0 Å². The van der Waals surface area contributed by atoms with Gasteiger partial charge in [0.25, 0.3) is 0 Å². The number of ether oxygens (including phenoxy) is 2. The van der Waals surface area contributed by atoms with E-state index in [1.165, 1.54) is 4.57 Å². The molecule has 0 radical (unpaired) electrons. The van der Waals surface area contributed by atoms with Crippen molar-refractivity contribution in [2.75, 3.05) is 6.54 Å². The number of hydrogen-bond donors (Lipinski definition) is 1. The third-order valence-electron chi connectivity index (χ3n) is 3.81. The Morgan fingerprint density at radius 2 is 1.59 bits per heavy atom. The monoisotopic (exact) mass is 380 g/mol. The van der Waals surface area contributed by atoms with Crippen LogP contribution in [0.15, 0.2) is 6.07 Å². The van der Waals surface area contributed by atoms with Gasteiger partial charge in [0, 0.05) is 24.4 Å². The molecule has 1 aromatic rings. The smallest absolute Gasteiger partial charge is 0.418 e. The topological polar surface area (TPSA) is 98.1 Å². The lowest BCUT2D eigenvalue weighted by molar-refractivity contribution is -0.136. The van der Waals surface area contributed by atoms with Crippen LogP contribution in [-0.2, 0) is 33.7 Å². The molecule has 8 nitrogen and oxygen atoms in total. The number of nitrogens with zero attached hydrogens (tertiary/aromatic N) is 2. The molecule has 2 heterocycles. The maximum absolute atomic E-state index is 12.6. The number of aromatic nitrogens is 1. The van der Waals surface area contributed by atoms with Crippen LogP contribution >= 0.6 is 0 Å². The molecule has 0 fully saturated rings. The van der Waals surface area contributed by atoms with E-state index in [2.05, 4.69) is 0 Å². The fraction of sp³-hybridized carbons (Fsp3) is 0.632. The van der Waals surface area contributed by atoms with Crippen LogP contribution in [0.4, 0.5) is 9.59 Å². The highest BCUT2D eigenvalue weighted by atomic mass is 16.6. The van der Waals surface area contributed by atoms with Crippen molar-refractivity contribution < 1.29 is 29.0 Å². The first-order chi connectivity index (χ1) is 12.3. The van der Waals surface area contributed by atoms with Crippen LogP contribution in [-0.4, -0.2) is 50.5 Å².